The van der Waals surface area contributed by atoms with Crippen LogP contribution in [0, 0.1) is 13.8 Å². The molecule has 2 heterocycles. The standard InChI is InChI=1S/C19H26N4O/c1-4-22-11-5-6-18(22)13-20-19(24)16-7-9-17(10-8-16)23-15(3)12-14(2)21-23/h7-10,12,18H,4-6,11,13H2,1-3H3,(H,20,24). The summed E-state index contributed by atoms with van der Waals surface area (Å²) in [5.41, 5.74) is 3.75. The van der Waals surface area contributed by atoms with Gasteiger partial charge in [-0.25, -0.2) is 4.68 Å². The van der Waals surface area contributed by atoms with E-state index in [1.165, 1.54) is 12.8 Å². The zero-order valence-corrected chi connectivity index (χ0v) is 14.7. The second-order valence-corrected chi connectivity index (χ2v) is 6.52. The van der Waals surface area contributed by atoms with E-state index in [9.17, 15) is 4.79 Å². The van der Waals surface area contributed by atoms with Gasteiger partial charge >= 0.3 is 0 Å². The van der Waals surface area contributed by atoms with E-state index < -0.39 is 0 Å². The van der Waals surface area contributed by atoms with Crippen molar-refractivity contribution in [3.05, 3.63) is 47.3 Å². The van der Waals surface area contributed by atoms with Crippen molar-refractivity contribution in [2.75, 3.05) is 19.6 Å². The minimum Gasteiger partial charge on any atom is -0.350 e. The maximum absolute atomic E-state index is 12.4. The monoisotopic (exact) mass is 326 g/mol. The molecule has 0 saturated carbocycles. The molecule has 0 radical (unpaired) electrons. The molecule has 1 aliphatic rings. The zero-order chi connectivity index (χ0) is 17.1. The van der Waals surface area contributed by atoms with Crippen molar-refractivity contribution >= 4 is 5.91 Å². The molecule has 0 bridgehead atoms. The average Bonchev–Trinajstić information content (AvgIpc) is 3.18. The van der Waals surface area contributed by atoms with E-state index in [0.29, 0.717) is 11.6 Å². The van der Waals surface area contributed by atoms with E-state index in [1.807, 2.05) is 48.9 Å². The molecule has 5 heteroatoms. The summed E-state index contributed by atoms with van der Waals surface area (Å²) in [7, 11) is 0. The molecular formula is C19H26N4O. The van der Waals surface area contributed by atoms with Crippen molar-refractivity contribution in [1.29, 1.82) is 0 Å². The van der Waals surface area contributed by atoms with Crippen LogP contribution in [0.5, 0.6) is 0 Å². The van der Waals surface area contributed by atoms with Crippen LogP contribution in [0.4, 0.5) is 0 Å². The number of nitrogens with zero attached hydrogens (tertiary/aromatic N) is 3. The summed E-state index contributed by atoms with van der Waals surface area (Å²) >= 11 is 0. The summed E-state index contributed by atoms with van der Waals surface area (Å²) in [4.78, 5) is 14.8. The van der Waals surface area contributed by atoms with Crippen molar-refractivity contribution in [1.82, 2.24) is 20.0 Å². The molecular weight excluding hydrogens is 300 g/mol. The van der Waals surface area contributed by atoms with Crippen LogP contribution in [-0.2, 0) is 0 Å². The van der Waals surface area contributed by atoms with Crippen LogP contribution < -0.4 is 5.32 Å². The molecule has 5 nitrogen and oxygen atoms in total. The van der Waals surface area contributed by atoms with Gasteiger partial charge in [-0.05, 0) is 70.1 Å². The number of rotatable bonds is 5. The van der Waals surface area contributed by atoms with Crippen molar-refractivity contribution in [3.8, 4) is 5.69 Å². The number of nitrogens with one attached hydrogen (secondary N) is 1. The summed E-state index contributed by atoms with van der Waals surface area (Å²) < 4.78 is 1.90. The van der Waals surface area contributed by atoms with Gasteiger partial charge in [0, 0.05) is 23.8 Å². The lowest BCUT2D eigenvalue weighted by Gasteiger charge is -2.22. The number of carbonyl (C=O) groups is 1. The van der Waals surface area contributed by atoms with Gasteiger partial charge in [0.15, 0.2) is 0 Å². The highest BCUT2D eigenvalue weighted by Crippen LogP contribution is 2.16. The minimum atomic E-state index is -0.00197. The smallest absolute Gasteiger partial charge is 0.251 e. The van der Waals surface area contributed by atoms with Crippen LogP contribution in [0.1, 0.15) is 41.5 Å². The lowest BCUT2D eigenvalue weighted by Crippen LogP contribution is -2.40. The Balaban J connectivity index is 1.63. The molecule has 1 fully saturated rings. The first-order chi connectivity index (χ1) is 11.6. The van der Waals surface area contributed by atoms with E-state index in [4.69, 9.17) is 0 Å². The predicted octanol–water partition coefficient (Wildman–Crippen LogP) is 2.70. The molecule has 0 spiro atoms. The largest absolute Gasteiger partial charge is 0.350 e. The minimum absolute atomic E-state index is 0.00197. The van der Waals surface area contributed by atoms with Gasteiger partial charge in [0.2, 0.25) is 0 Å². The van der Waals surface area contributed by atoms with Crippen molar-refractivity contribution < 1.29 is 4.79 Å². The fourth-order valence-electron chi connectivity index (χ4n) is 3.50. The number of amides is 1. The van der Waals surface area contributed by atoms with Crippen molar-refractivity contribution in [3.63, 3.8) is 0 Å². The van der Waals surface area contributed by atoms with E-state index in [0.717, 1.165) is 36.7 Å². The molecule has 1 aromatic heterocycles. The Bertz CT molecular complexity index is 705. The Labute approximate surface area is 143 Å². The van der Waals surface area contributed by atoms with Crippen molar-refractivity contribution in [2.24, 2.45) is 0 Å². The first-order valence-corrected chi connectivity index (χ1v) is 8.74. The number of hydrogen-bond acceptors (Lipinski definition) is 3. The van der Waals surface area contributed by atoms with Gasteiger partial charge in [0.05, 0.1) is 11.4 Å². The van der Waals surface area contributed by atoms with Gasteiger partial charge in [0.1, 0.15) is 0 Å². The van der Waals surface area contributed by atoms with Crippen LogP contribution in [0.15, 0.2) is 30.3 Å². The second-order valence-electron chi connectivity index (χ2n) is 6.52. The van der Waals surface area contributed by atoms with Gasteiger partial charge in [-0.3, -0.25) is 9.69 Å². The number of aryl methyl sites for hydroxylation is 2. The molecule has 1 unspecified atom stereocenters. The van der Waals surface area contributed by atoms with E-state index in [-0.39, 0.29) is 5.91 Å². The number of carbonyl (C=O) groups excluding carboxylic acids is 1. The second kappa shape index (κ2) is 7.18. The molecule has 128 valence electrons. The third-order valence-electron chi connectivity index (χ3n) is 4.79. The first-order valence-electron chi connectivity index (χ1n) is 8.74. The molecule has 1 aliphatic heterocycles. The number of aromatic nitrogens is 2. The Hall–Kier alpha value is -2.14. The summed E-state index contributed by atoms with van der Waals surface area (Å²) in [6, 6.07) is 10.2. The van der Waals surface area contributed by atoms with Gasteiger partial charge < -0.3 is 5.32 Å². The average molecular weight is 326 g/mol. The van der Waals surface area contributed by atoms with E-state index in [1.54, 1.807) is 0 Å². The summed E-state index contributed by atoms with van der Waals surface area (Å²) in [6.07, 6.45) is 2.40. The topological polar surface area (TPSA) is 50.2 Å². The lowest BCUT2D eigenvalue weighted by atomic mass is 10.1. The van der Waals surface area contributed by atoms with Crippen LogP contribution in [0.2, 0.25) is 0 Å². The Morgan fingerprint density at radius 2 is 2.04 bits per heavy atom. The quantitative estimate of drug-likeness (QED) is 0.919. The fourth-order valence-corrected chi connectivity index (χ4v) is 3.50. The molecule has 1 amide bonds. The highest BCUT2D eigenvalue weighted by molar-refractivity contribution is 5.94. The van der Waals surface area contributed by atoms with Crippen LogP contribution in [0.3, 0.4) is 0 Å². The Morgan fingerprint density at radius 3 is 2.67 bits per heavy atom. The molecule has 1 saturated heterocycles. The molecule has 1 N–H and O–H groups in total. The lowest BCUT2D eigenvalue weighted by molar-refractivity contribution is 0.0941. The van der Waals surface area contributed by atoms with Crippen LogP contribution in [-0.4, -0.2) is 46.3 Å². The Kier molecular flexibility index (Phi) is 5.00. The highest BCUT2D eigenvalue weighted by Gasteiger charge is 2.23. The molecule has 24 heavy (non-hydrogen) atoms. The van der Waals surface area contributed by atoms with Gasteiger partial charge in [0.25, 0.3) is 5.91 Å². The highest BCUT2D eigenvalue weighted by atomic mass is 16.1. The third kappa shape index (κ3) is 3.51. The van der Waals surface area contributed by atoms with Crippen LogP contribution in [0.25, 0.3) is 5.69 Å². The molecule has 1 atom stereocenters. The third-order valence-corrected chi connectivity index (χ3v) is 4.79. The van der Waals surface area contributed by atoms with Gasteiger partial charge in [-0.2, -0.15) is 5.10 Å². The summed E-state index contributed by atoms with van der Waals surface area (Å²) in [5, 5.41) is 7.55. The van der Waals surface area contributed by atoms with Crippen molar-refractivity contribution in [2.45, 2.75) is 39.7 Å². The Morgan fingerprint density at radius 1 is 1.29 bits per heavy atom. The number of benzene rings is 1. The maximum Gasteiger partial charge on any atom is 0.251 e. The van der Waals surface area contributed by atoms with E-state index >= 15 is 0 Å². The SMILES string of the molecule is CCN1CCCC1CNC(=O)c1ccc(-n2nc(C)cc2C)cc1. The van der Waals surface area contributed by atoms with Gasteiger partial charge in [-0.1, -0.05) is 6.92 Å². The molecule has 1 aromatic carbocycles. The first kappa shape index (κ1) is 16.7. The number of hydrogen-bond donors (Lipinski definition) is 1. The predicted molar refractivity (Wildman–Crippen MR) is 95.6 cm³/mol. The normalized spacial score (nSPS) is 18.0. The number of likely N-dealkylation sites (N-methyl/N-ethyl adjacent to an activating group) is 1. The molecule has 2 aromatic rings. The summed E-state index contributed by atoms with van der Waals surface area (Å²) in [5.74, 6) is -0.00197. The summed E-state index contributed by atoms with van der Waals surface area (Å²) in [6.45, 7) is 9.12. The van der Waals surface area contributed by atoms with E-state index in [2.05, 4.69) is 22.2 Å². The van der Waals surface area contributed by atoms with Crippen LogP contribution >= 0.6 is 0 Å². The maximum atomic E-state index is 12.4. The molecule has 3 rings (SSSR count). The zero-order valence-electron chi connectivity index (χ0n) is 14.7. The fraction of sp³-hybridized carbons (Fsp3) is 0.474. The number of likely N-dealkylation sites (tertiary alicyclic amines) is 1. The molecule has 0 aliphatic carbocycles. The van der Waals surface area contributed by atoms with Gasteiger partial charge in [-0.15, -0.1) is 0 Å².